The lowest BCUT2D eigenvalue weighted by Crippen LogP contribution is -2.53. The van der Waals surface area contributed by atoms with Crippen LogP contribution in [0.2, 0.25) is 0 Å². The van der Waals surface area contributed by atoms with Gasteiger partial charge in [0, 0.05) is 25.1 Å². The fourth-order valence-electron chi connectivity index (χ4n) is 4.20. The van der Waals surface area contributed by atoms with Crippen LogP contribution in [-0.4, -0.2) is 45.5 Å². The minimum absolute atomic E-state index is 0.107. The fraction of sp³-hybridized carbons (Fsp3) is 0.600. The van der Waals surface area contributed by atoms with Gasteiger partial charge >= 0.3 is 6.03 Å². The van der Waals surface area contributed by atoms with Gasteiger partial charge in [0.2, 0.25) is 5.88 Å². The summed E-state index contributed by atoms with van der Waals surface area (Å²) in [6, 6.07) is 2.22. The van der Waals surface area contributed by atoms with Gasteiger partial charge in [-0.15, -0.1) is 0 Å². The largest absolute Gasteiger partial charge is 0.456 e. The van der Waals surface area contributed by atoms with E-state index < -0.39 is 17.7 Å². The first-order valence-electron chi connectivity index (χ1n) is 10.2. The Hall–Kier alpha value is -2.68. The number of imide groups is 1. The molecule has 2 saturated carbocycles. The summed E-state index contributed by atoms with van der Waals surface area (Å²) in [7, 11) is 0. The first kappa shape index (κ1) is 19.6. The Bertz CT molecular complexity index is 817. The van der Waals surface area contributed by atoms with Gasteiger partial charge in [0.1, 0.15) is 11.6 Å². The molecule has 3 fully saturated rings. The van der Waals surface area contributed by atoms with Crippen LogP contribution in [0.3, 0.4) is 0 Å². The van der Waals surface area contributed by atoms with E-state index in [1.54, 1.807) is 6.07 Å². The van der Waals surface area contributed by atoms with E-state index in [-0.39, 0.29) is 29.4 Å². The number of nitrogens with zero attached hydrogens (tertiary/aromatic N) is 2. The molecule has 1 aromatic rings. The van der Waals surface area contributed by atoms with Gasteiger partial charge < -0.3 is 15.8 Å². The molecular formula is C20H27N5O4. The summed E-state index contributed by atoms with van der Waals surface area (Å²) in [6.07, 6.45) is 7.58. The zero-order chi connectivity index (χ0) is 20.6. The fourth-order valence-corrected chi connectivity index (χ4v) is 4.20. The van der Waals surface area contributed by atoms with Crippen LogP contribution in [0.4, 0.5) is 4.79 Å². The summed E-state index contributed by atoms with van der Waals surface area (Å²) in [5, 5.41) is 2.83. The van der Waals surface area contributed by atoms with E-state index >= 15 is 0 Å². The van der Waals surface area contributed by atoms with Gasteiger partial charge in [0.15, 0.2) is 5.72 Å². The average molecular weight is 401 g/mol. The molecule has 5 N–H and O–H groups in total. The van der Waals surface area contributed by atoms with Crippen LogP contribution < -0.4 is 21.5 Å². The predicted molar refractivity (Wildman–Crippen MR) is 104 cm³/mol. The monoisotopic (exact) mass is 401 g/mol. The van der Waals surface area contributed by atoms with Crippen molar-refractivity contribution in [1.29, 1.82) is 0 Å². The number of rotatable bonds is 7. The number of carbonyl (C=O) groups excluding carboxylic acids is 3. The lowest BCUT2D eigenvalue weighted by molar-refractivity contribution is -0.130. The molecule has 29 heavy (non-hydrogen) atoms. The van der Waals surface area contributed by atoms with Crippen molar-refractivity contribution in [3.8, 4) is 5.88 Å². The molecule has 1 atom stereocenters. The smallest absolute Gasteiger partial charge is 0.325 e. The summed E-state index contributed by atoms with van der Waals surface area (Å²) < 4.78 is 5.85. The summed E-state index contributed by atoms with van der Waals surface area (Å²) in [5.41, 5.74) is 10.9. The number of hydrogen-bond acceptors (Lipinski definition) is 6. The molecule has 156 valence electrons. The molecule has 1 unspecified atom stereocenters. The van der Waals surface area contributed by atoms with Crippen LogP contribution in [0.5, 0.6) is 5.88 Å². The van der Waals surface area contributed by atoms with Gasteiger partial charge in [-0.05, 0) is 43.7 Å². The lowest BCUT2D eigenvalue weighted by Gasteiger charge is -2.39. The van der Waals surface area contributed by atoms with Crippen LogP contribution >= 0.6 is 0 Å². The highest BCUT2D eigenvalue weighted by Crippen LogP contribution is 2.36. The van der Waals surface area contributed by atoms with Crippen molar-refractivity contribution in [1.82, 2.24) is 15.2 Å². The van der Waals surface area contributed by atoms with Crippen LogP contribution in [-0.2, 0) is 4.79 Å². The maximum absolute atomic E-state index is 12.7. The second-order valence-electron chi connectivity index (χ2n) is 8.35. The number of hydrogen-bond donors (Lipinski definition) is 3. The Morgan fingerprint density at radius 2 is 1.97 bits per heavy atom. The van der Waals surface area contributed by atoms with Crippen molar-refractivity contribution in [2.75, 3.05) is 0 Å². The molecule has 4 amide bonds. The Kier molecular flexibility index (Phi) is 5.16. The second-order valence-corrected chi connectivity index (χ2v) is 8.35. The van der Waals surface area contributed by atoms with Gasteiger partial charge in [-0.3, -0.25) is 20.2 Å². The van der Waals surface area contributed by atoms with Crippen LogP contribution in [0.15, 0.2) is 18.3 Å². The van der Waals surface area contributed by atoms with E-state index in [0.29, 0.717) is 32.1 Å². The van der Waals surface area contributed by atoms with E-state index in [2.05, 4.69) is 10.3 Å². The standard InChI is InChI=1S/C20H27N5O4/c21-16(26)14-2-1-11-23-17(14)29-20(22)9-7-13(8-10-20)25-18(27)15(24-19(25)28)6-5-12-3-4-12/h1-2,11-13,15H,3-10,22H2,(H2,21,26)(H,24,28)/t13-,15?,20-. The molecule has 2 heterocycles. The summed E-state index contributed by atoms with van der Waals surface area (Å²) in [4.78, 5) is 42.1. The average Bonchev–Trinajstić information content (AvgIpc) is 3.47. The highest BCUT2D eigenvalue weighted by atomic mass is 16.5. The maximum atomic E-state index is 12.7. The third-order valence-electron chi connectivity index (χ3n) is 6.12. The van der Waals surface area contributed by atoms with Crippen LogP contribution in [0.25, 0.3) is 0 Å². The molecule has 9 nitrogen and oxygen atoms in total. The van der Waals surface area contributed by atoms with Crippen LogP contribution in [0, 0.1) is 5.92 Å². The van der Waals surface area contributed by atoms with Gasteiger partial charge in [0.25, 0.3) is 11.8 Å². The third kappa shape index (κ3) is 4.19. The van der Waals surface area contributed by atoms with Gasteiger partial charge in [-0.25, -0.2) is 9.78 Å². The number of nitrogens with one attached hydrogen (secondary N) is 1. The van der Waals surface area contributed by atoms with Crippen molar-refractivity contribution >= 4 is 17.8 Å². The summed E-state index contributed by atoms with van der Waals surface area (Å²) >= 11 is 0. The zero-order valence-corrected chi connectivity index (χ0v) is 16.3. The van der Waals surface area contributed by atoms with E-state index in [9.17, 15) is 14.4 Å². The first-order valence-corrected chi connectivity index (χ1v) is 10.2. The predicted octanol–water partition coefficient (Wildman–Crippen LogP) is 1.27. The minimum Gasteiger partial charge on any atom is -0.456 e. The number of pyridine rings is 1. The van der Waals surface area contributed by atoms with Crippen molar-refractivity contribution in [3.05, 3.63) is 23.9 Å². The number of primary amides is 1. The highest BCUT2D eigenvalue weighted by molar-refractivity contribution is 6.04. The Labute approximate surface area is 169 Å². The Morgan fingerprint density at radius 3 is 2.62 bits per heavy atom. The molecule has 0 aromatic carbocycles. The number of aromatic nitrogens is 1. The molecule has 3 aliphatic rings. The molecule has 4 rings (SSSR count). The second kappa shape index (κ2) is 7.62. The molecule has 1 saturated heterocycles. The number of ether oxygens (including phenoxy) is 1. The molecule has 0 bridgehead atoms. The molecule has 0 radical (unpaired) electrons. The van der Waals surface area contributed by atoms with E-state index in [0.717, 1.165) is 12.3 Å². The zero-order valence-electron chi connectivity index (χ0n) is 16.3. The summed E-state index contributed by atoms with van der Waals surface area (Å²) in [6.45, 7) is 0. The Balaban J connectivity index is 1.37. The highest BCUT2D eigenvalue weighted by Gasteiger charge is 2.45. The quantitative estimate of drug-likeness (QED) is 0.464. The normalized spacial score (nSPS) is 29.6. The number of nitrogens with two attached hydrogens (primary N) is 2. The van der Waals surface area contributed by atoms with Crippen molar-refractivity contribution in [2.24, 2.45) is 17.4 Å². The maximum Gasteiger partial charge on any atom is 0.325 e. The van der Waals surface area contributed by atoms with Gasteiger partial charge in [0.05, 0.1) is 0 Å². The van der Waals surface area contributed by atoms with Gasteiger partial charge in [-0.1, -0.05) is 12.8 Å². The minimum atomic E-state index is -1.03. The SMILES string of the molecule is NC(=O)c1cccnc1O[C@]1(N)CC[C@@H](N2C(=O)NC(CCC3CC3)C2=O)CC1. The molecule has 0 spiro atoms. The first-order chi connectivity index (χ1) is 13.9. The topological polar surface area (TPSA) is 141 Å². The number of carbonyl (C=O) groups is 3. The van der Waals surface area contributed by atoms with Crippen molar-refractivity contribution < 1.29 is 19.1 Å². The van der Waals surface area contributed by atoms with E-state index in [1.165, 1.54) is 30.0 Å². The third-order valence-corrected chi connectivity index (χ3v) is 6.12. The lowest BCUT2D eigenvalue weighted by atomic mass is 9.87. The Morgan fingerprint density at radius 1 is 1.24 bits per heavy atom. The molecule has 1 aromatic heterocycles. The molecule has 2 aliphatic carbocycles. The number of urea groups is 1. The number of amides is 4. The summed E-state index contributed by atoms with van der Waals surface area (Å²) in [5.74, 6) is 0.0557. The molecule has 1 aliphatic heterocycles. The molecule has 9 heteroatoms. The van der Waals surface area contributed by atoms with Gasteiger partial charge in [-0.2, -0.15) is 0 Å². The van der Waals surface area contributed by atoms with E-state index in [4.69, 9.17) is 16.2 Å². The van der Waals surface area contributed by atoms with E-state index in [1.807, 2.05) is 0 Å². The van der Waals surface area contributed by atoms with Crippen molar-refractivity contribution in [3.63, 3.8) is 0 Å². The molecular weight excluding hydrogens is 374 g/mol. The van der Waals surface area contributed by atoms with Crippen LogP contribution in [0.1, 0.15) is 61.7 Å². The van der Waals surface area contributed by atoms with Crippen molar-refractivity contribution in [2.45, 2.75) is 69.2 Å².